The Morgan fingerprint density at radius 3 is 2.75 bits per heavy atom. The molecule has 1 saturated carbocycles. The molecule has 4 rings (SSSR count). The van der Waals surface area contributed by atoms with Crippen molar-refractivity contribution >= 4 is 5.91 Å². The number of carbonyl (C=O) groups excluding carboxylic acids is 1. The summed E-state index contributed by atoms with van der Waals surface area (Å²) >= 11 is 0. The van der Waals surface area contributed by atoms with Gasteiger partial charge >= 0.3 is 0 Å². The van der Waals surface area contributed by atoms with Crippen LogP contribution >= 0.6 is 0 Å². The first kappa shape index (κ1) is 16.0. The molecular weight excluding hydrogens is 307 g/mol. The molecule has 130 valence electrons. The van der Waals surface area contributed by atoms with Crippen LogP contribution in [0, 0.1) is 11.7 Å². The number of ether oxygens (including phenoxy) is 1. The zero-order valence-corrected chi connectivity index (χ0v) is 14.0. The van der Waals surface area contributed by atoms with Crippen molar-refractivity contribution in [2.24, 2.45) is 5.92 Å². The van der Waals surface area contributed by atoms with Gasteiger partial charge in [-0.15, -0.1) is 0 Å². The van der Waals surface area contributed by atoms with Crippen LogP contribution in [0.25, 0.3) is 0 Å². The van der Waals surface area contributed by atoms with Gasteiger partial charge in [-0.1, -0.05) is 12.1 Å². The summed E-state index contributed by atoms with van der Waals surface area (Å²) in [6.45, 7) is 4.84. The lowest BCUT2D eigenvalue weighted by atomic mass is 9.89. The summed E-state index contributed by atoms with van der Waals surface area (Å²) in [5.41, 5.74) is 0.875. The van der Waals surface area contributed by atoms with Crippen molar-refractivity contribution < 1.29 is 13.9 Å². The van der Waals surface area contributed by atoms with Crippen molar-refractivity contribution in [1.29, 1.82) is 0 Å². The topological polar surface area (TPSA) is 32.8 Å². The van der Waals surface area contributed by atoms with Crippen LogP contribution < -0.4 is 0 Å². The Labute approximate surface area is 142 Å². The standard InChI is InChI=1S/C19H25FN2O2/c20-17-3-1-2-15(12-17)13-21-10-11-24-19(14-21)6-8-22(9-7-19)18(23)16-4-5-16/h1-3,12,16H,4-11,13-14H2. The molecule has 2 saturated heterocycles. The molecule has 1 amide bonds. The predicted molar refractivity (Wildman–Crippen MR) is 88.9 cm³/mol. The average molecular weight is 332 g/mol. The van der Waals surface area contributed by atoms with E-state index in [1.807, 2.05) is 11.0 Å². The van der Waals surface area contributed by atoms with Crippen LogP contribution in [-0.2, 0) is 16.1 Å². The minimum atomic E-state index is -0.178. The first-order valence-electron chi connectivity index (χ1n) is 9.03. The zero-order valence-electron chi connectivity index (χ0n) is 14.0. The molecule has 5 heteroatoms. The number of hydrogen-bond acceptors (Lipinski definition) is 3. The van der Waals surface area contributed by atoms with Gasteiger partial charge in [0.15, 0.2) is 0 Å². The summed E-state index contributed by atoms with van der Waals surface area (Å²) in [4.78, 5) is 16.6. The van der Waals surface area contributed by atoms with Crippen LogP contribution in [0.5, 0.6) is 0 Å². The quantitative estimate of drug-likeness (QED) is 0.852. The number of morpholine rings is 1. The molecular formula is C19H25FN2O2. The number of amides is 1. The largest absolute Gasteiger partial charge is 0.372 e. The van der Waals surface area contributed by atoms with E-state index in [4.69, 9.17) is 4.74 Å². The molecule has 1 aromatic carbocycles. The highest BCUT2D eigenvalue weighted by Crippen LogP contribution is 2.35. The maximum Gasteiger partial charge on any atom is 0.225 e. The van der Waals surface area contributed by atoms with Gasteiger partial charge in [-0.2, -0.15) is 0 Å². The smallest absolute Gasteiger partial charge is 0.225 e. The Balaban J connectivity index is 1.35. The molecule has 0 unspecified atom stereocenters. The molecule has 4 nitrogen and oxygen atoms in total. The lowest BCUT2D eigenvalue weighted by Gasteiger charge is -2.47. The Morgan fingerprint density at radius 1 is 1.25 bits per heavy atom. The van der Waals surface area contributed by atoms with Gasteiger partial charge in [0.05, 0.1) is 12.2 Å². The summed E-state index contributed by atoms with van der Waals surface area (Å²) in [6, 6.07) is 6.83. The van der Waals surface area contributed by atoms with E-state index in [0.29, 0.717) is 18.4 Å². The van der Waals surface area contributed by atoms with Gasteiger partial charge in [-0.3, -0.25) is 9.69 Å². The number of piperidine rings is 1. The normalized spacial score (nSPS) is 24.3. The molecule has 0 N–H and O–H groups in total. The van der Waals surface area contributed by atoms with E-state index in [2.05, 4.69) is 4.90 Å². The van der Waals surface area contributed by atoms with Crippen molar-refractivity contribution in [3.63, 3.8) is 0 Å². The summed E-state index contributed by atoms with van der Waals surface area (Å²) in [6.07, 6.45) is 3.95. The second-order valence-corrected chi connectivity index (χ2v) is 7.47. The lowest BCUT2D eigenvalue weighted by Crippen LogP contribution is -2.57. The summed E-state index contributed by atoms with van der Waals surface area (Å²) in [7, 11) is 0. The molecule has 2 aliphatic heterocycles. The predicted octanol–water partition coefficient (Wildman–Crippen LogP) is 2.43. The van der Waals surface area contributed by atoms with Crippen molar-refractivity contribution in [2.75, 3.05) is 32.8 Å². The molecule has 1 aromatic rings. The van der Waals surface area contributed by atoms with E-state index in [-0.39, 0.29) is 11.4 Å². The fourth-order valence-corrected chi connectivity index (χ4v) is 3.98. The van der Waals surface area contributed by atoms with Gasteiger partial charge in [0.25, 0.3) is 0 Å². The number of benzene rings is 1. The van der Waals surface area contributed by atoms with Gasteiger partial charge in [0.1, 0.15) is 5.82 Å². The fraction of sp³-hybridized carbons (Fsp3) is 0.632. The summed E-state index contributed by atoms with van der Waals surface area (Å²) in [5, 5.41) is 0. The Morgan fingerprint density at radius 2 is 2.04 bits per heavy atom. The highest BCUT2D eigenvalue weighted by molar-refractivity contribution is 5.81. The van der Waals surface area contributed by atoms with Crippen LogP contribution in [0.4, 0.5) is 4.39 Å². The molecule has 0 bridgehead atoms. The third kappa shape index (κ3) is 3.47. The molecule has 3 fully saturated rings. The second-order valence-electron chi connectivity index (χ2n) is 7.47. The van der Waals surface area contributed by atoms with Crippen LogP contribution in [0.2, 0.25) is 0 Å². The highest BCUT2D eigenvalue weighted by Gasteiger charge is 2.42. The van der Waals surface area contributed by atoms with Crippen LogP contribution in [0.3, 0.4) is 0 Å². The van der Waals surface area contributed by atoms with Crippen molar-refractivity contribution in [1.82, 2.24) is 9.80 Å². The Kier molecular flexibility index (Phi) is 4.31. The average Bonchev–Trinajstić information content (AvgIpc) is 3.40. The molecule has 1 aliphatic carbocycles. The lowest BCUT2D eigenvalue weighted by molar-refractivity contribution is -0.152. The first-order chi connectivity index (χ1) is 11.6. The SMILES string of the molecule is O=C(C1CC1)N1CCC2(CC1)CN(Cc1cccc(F)c1)CCO2. The minimum Gasteiger partial charge on any atom is -0.372 e. The third-order valence-electron chi connectivity index (χ3n) is 5.54. The highest BCUT2D eigenvalue weighted by atomic mass is 19.1. The van der Waals surface area contributed by atoms with E-state index in [9.17, 15) is 9.18 Å². The molecule has 0 radical (unpaired) electrons. The third-order valence-corrected chi connectivity index (χ3v) is 5.54. The van der Waals surface area contributed by atoms with Gasteiger partial charge in [-0.05, 0) is 43.4 Å². The maximum absolute atomic E-state index is 13.4. The van der Waals surface area contributed by atoms with Gasteiger partial charge < -0.3 is 9.64 Å². The van der Waals surface area contributed by atoms with Gasteiger partial charge in [0.2, 0.25) is 5.91 Å². The van der Waals surface area contributed by atoms with Crippen molar-refractivity contribution in [3.05, 3.63) is 35.6 Å². The summed E-state index contributed by atoms with van der Waals surface area (Å²) in [5.74, 6) is 0.468. The maximum atomic E-state index is 13.4. The van der Waals surface area contributed by atoms with E-state index in [1.54, 1.807) is 12.1 Å². The summed E-state index contributed by atoms with van der Waals surface area (Å²) < 4.78 is 19.5. The van der Waals surface area contributed by atoms with Crippen LogP contribution in [-0.4, -0.2) is 54.1 Å². The van der Waals surface area contributed by atoms with Crippen molar-refractivity contribution in [3.8, 4) is 0 Å². The first-order valence-corrected chi connectivity index (χ1v) is 9.03. The molecule has 1 spiro atoms. The monoisotopic (exact) mass is 332 g/mol. The molecule has 0 atom stereocenters. The number of rotatable bonds is 3. The number of likely N-dealkylation sites (tertiary alicyclic amines) is 1. The van der Waals surface area contributed by atoms with E-state index >= 15 is 0 Å². The van der Waals surface area contributed by atoms with Crippen molar-refractivity contribution in [2.45, 2.75) is 37.8 Å². The second kappa shape index (κ2) is 6.45. The zero-order chi connectivity index (χ0) is 16.6. The Bertz CT molecular complexity index is 609. The molecule has 3 aliphatic rings. The van der Waals surface area contributed by atoms with E-state index in [1.165, 1.54) is 6.07 Å². The van der Waals surface area contributed by atoms with E-state index in [0.717, 1.165) is 64.0 Å². The fourth-order valence-electron chi connectivity index (χ4n) is 3.98. The molecule has 24 heavy (non-hydrogen) atoms. The molecule has 0 aromatic heterocycles. The Hall–Kier alpha value is -1.46. The molecule has 2 heterocycles. The minimum absolute atomic E-state index is 0.133. The van der Waals surface area contributed by atoms with Gasteiger partial charge in [0, 0.05) is 38.6 Å². The van der Waals surface area contributed by atoms with Crippen LogP contribution in [0.15, 0.2) is 24.3 Å². The number of carbonyl (C=O) groups is 1. The van der Waals surface area contributed by atoms with Gasteiger partial charge in [-0.25, -0.2) is 4.39 Å². The van der Waals surface area contributed by atoms with E-state index < -0.39 is 0 Å². The number of hydrogen-bond donors (Lipinski definition) is 0. The number of halogens is 1. The number of nitrogens with zero attached hydrogens (tertiary/aromatic N) is 2. The van der Waals surface area contributed by atoms with Crippen LogP contribution in [0.1, 0.15) is 31.2 Å².